The normalized spacial score (nSPS) is 12.9. The third kappa shape index (κ3) is 3.92. The molecule has 1 aliphatic rings. The van der Waals surface area contributed by atoms with Crippen LogP contribution >= 0.6 is 11.3 Å². The number of nitrogens with one attached hydrogen (secondary N) is 1. The molecule has 0 aromatic carbocycles. The van der Waals surface area contributed by atoms with Crippen molar-refractivity contribution in [2.75, 3.05) is 6.54 Å². The maximum atomic E-state index is 3.34. The van der Waals surface area contributed by atoms with Gasteiger partial charge in [0, 0.05) is 11.4 Å². The summed E-state index contributed by atoms with van der Waals surface area (Å²) in [5.41, 5.74) is 1.55. The largest absolute Gasteiger partial charge is 0.312 e. The quantitative estimate of drug-likeness (QED) is 0.675. The summed E-state index contributed by atoms with van der Waals surface area (Å²) in [4.78, 5) is 1.53. The number of fused-ring (bicyclic) bond motifs is 1. The molecule has 0 amide bonds. The average molecular weight is 199 g/mol. The van der Waals surface area contributed by atoms with Crippen LogP contribution in [-0.2, 0) is 13.0 Å². The van der Waals surface area contributed by atoms with Crippen molar-refractivity contribution in [1.29, 1.82) is 0 Å². The molecule has 2 rings (SSSR count). The molecular formula is C11H21NS. The van der Waals surface area contributed by atoms with E-state index in [0.29, 0.717) is 0 Å². The Bertz CT molecular complexity index is 185. The first-order chi connectivity index (χ1) is 6.47. The molecular weight excluding hydrogens is 178 g/mol. The fourth-order valence-electron chi connectivity index (χ4n) is 1.17. The van der Waals surface area contributed by atoms with Gasteiger partial charge in [0.2, 0.25) is 0 Å². The van der Waals surface area contributed by atoms with Crippen LogP contribution < -0.4 is 5.32 Å². The topological polar surface area (TPSA) is 12.0 Å². The van der Waals surface area contributed by atoms with Crippen molar-refractivity contribution in [3.05, 3.63) is 21.9 Å². The molecule has 2 heterocycles. The molecule has 1 N–H and O–H groups in total. The van der Waals surface area contributed by atoms with Crippen molar-refractivity contribution in [3.8, 4) is 0 Å². The molecule has 1 aliphatic heterocycles. The summed E-state index contributed by atoms with van der Waals surface area (Å²) >= 11 is 1.86. The standard InChI is InChI=1S/C7H9NS.2C2H6/c1-3-8-5-7-6(1)2-4-9-7;2*1-2/h2,4,8H,1,3,5H2;2*1-2H3. The van der Waals surface area contributed by atoms with Gasteiger partial charge < -0.3 is 5.32 Å². The maximum absolute atomic E-state index is 3.34. The Morgan fingerprint density at radius 1 is 1.23 bits per heavy atom. The summed E-state index contributed by atoms with van der Waals surface area (Å²) in [5.74, 6) is 0. The molecule has 0 fully saturated rings. The first-order valence-corrected chi connectivity index (χ1v) is 6.11. The van der Waals surface area contributed by atoms with Crippen molar-refractivity contribution in [2.45, 2.75) is 40.7 Å². The molecule has 0 saturated heterocycles. The van der Waals surface area contributed by atoms with Crippen LogP contribution in [0.2, 0.25) is 0 Å². The van der Waals surface area contributed by atoms with Crippen molar-refractivity contribution < 1.29 is 0 Å². The molecule has 76 valence electrons. The molecule has 13 heavy (non-hydrogen) atoms. The second-order valence-electron chi connectivity index (χ2n) is 2.30. The smallest absolute Gasteiger partial charge is 0.0302 e. The van der Waals surface area contributed by atoms with E-state index in [0.717, 1.165) is 13.1 Å². The number of hydrogen-bond acceptors (Lipinski definition) is 2. The van der Waals surface area contributed by atoms with Crippen molar-refractivity contribution >= 4 is 11.3 Å². The Hall–Kier alpha value is -0.340. The summed E-state index contributed by atoms with van der Waals surface area (Å²) < 4.78 is 0. The predicted octanol–water partition coefficient (Wildman–Crippen LogP) is 3.45. The highest BCUT2D eigenvalue weighted by atomic mass is 32.1. The summed E-state index contributed by atoms with van der Waals surface area (Å²) in [6.07, 6.45) is 1.22. The Labute approximate surface area is 86.2 Å². The van der Waals surface area contributed by atoms with Crippen LogP contribution in [-0.4, -0.2) is 6.54 Å². The van der Waals surface area contributed by atoms with Gasteiger partial charge in [-0.05, 0) is 30.0 Å². The van der Waals surface area contributed by atoms with E-state index in [4.69, 9.17) is 0 Å². The Morgan fingerprint density at radius 3 is 2.54 bits per heavy atom. The maximum Gasteiger partial charge on any atom is 0.0302 e. The van der Waals surface area contributed by atoms with E-state index in [9.17, 15) is 0 Å². The Balaban J connectivity index is 0.000000322. The van der Waals surface area contributed by atoms with Crippen LogP contribution in [0.25, 0.3) is 0 Å². The lowest BCUT2D eigenvalue weighted by Crippen LogP contribution is -2.21. The Morgan fingerprint density at radius 2 is 1.92 bits per heavy atom. The van der Waals surface area contributed by atoms with Gasteiger partial charge in [-0.1, -0.05) is 27.7 Å². The number of rotatable bonds is 0. The van der Waals surface area contributed by atoms with E-state index in [2.05, 4.69) is 16.8 Å². The van der Waals surface area contributed by atoms with Crippen molar-refractivity contribution in [1.82, 2.24) is 5.32 Å². The highest BCUT2D eigenvalue weighted by molar-refractivity contribution is 7.10. The zero-order chi connectivity index (χ0) is 10.1. The van der Waals surface area contributed by atoms with Crippen LogP contribution in [0, 0.1) is 0 Å². The monoisotopic (exact) mass is 199 g/mol. The second-order valence-corrected chi connectivity index (χ2v) is 3.30. The molecule has 0 radical (unpaired) electrons. The van der Waals surface area contributed by atoms with Gasteiger partial charge in [0.25, 0.3) is 0 Å². The number of hydrogen-bond donors (Lipinski definition) is 1. The molecule has 0 spiro atoms. The minimum atomic E-state index is 1.09. The summed E-state index contributed by atoms with van der Waals surface area (Å²) in [6, 6.07) is 2.24. The van der Waals surface area contributed by atoms with E-state index in [1.807, 2.05) is 39.0 Å². The van der Waals surface area contributed by atoms with Crippen LogP contribution in [0.1, 0.15) is 38.1 Å². The molecule has 0 unspecified atom stereocenters. The van der Waals surface area contributed by atoms with Gasteiger partial charge in [-0.2, -0.15) is 0 Å². The highest BCUT2D eigenvalue weighted by Gasteiger charge is 2.07. The van der Waals surface area contributed by atoms with E-state index >= 15 is 0 Å². The van der Waals surface area contributed by atoms with Gasteiger partial charge in [0.1, 0.15) is 0 Å². The average Bonchev–Trinajstić information content (AvgIpc) is 2.71. The fourth-order valence-corrected chi connectivity index (χ4v) is 2.07. The van der Waals surface area contributed by atoms with Crippen molar-refractivity contribution in [2.24, 2.45) is 0 Å². The van der Waals surface area contributed by atoms with Crippen LogP contribution in [0.4, 0.5) is 0 Å². The highest BCUT2D eigenvalue weighted by Crippen LogP contribution is 2.19. The summed E-state index contributed by atoms with van der Waals surface area (Å²) in [5, 5.41) is 5.52. The van der Waals surface area contributed by atoms with Gasteiger partial charge >= 0.3 is 0 Å². The SMILES string of the molecule is CC.CC.c1cc2c(s1)CNCC2. The lowest BCUT2D eigenvalue weighted by atomic mass is 10.1. The summed E-state index contributed by atoms with van der Waals surface area (Å²) in [7, 11) is 0. The molecule has 2 heteroatoms. The van der Waals surface area contributed by atoms with Gasteiger partial charge in [0.05, 0.1) is 0 Å². The lowest BCUT2D eigenvalue weighted by molar-refractivity contribution is 0.654. The van der Waals surface area contributed by atoms with E-state index in [1.165, 1.54) is 11.3 Å². The molecule has 1 nitrogen and oxygen atoms in total. The lowest BCUT2D eigenvalue weighted by Gasteiger charge is -2.10. The van der Waals surface area contributed by atoms with Gasteiger partial charge in [0.15, 0.2) is 0 Å². The summed E-state index contributed by atoms with van der Waals surface area (Å²) in [6.45, 7) is 10.2. The molecule has 0 saturated carbocycles. The van der Waals surface area contributed by atoms with Gasteiger partial charge in [-0.15, -0.1) is 11.3 Å². The minimum Gasteiger partial charge on any atom is -0.312 e. The second kappa shape index (κ2) is 8.27. The van der Waals surface area contributed by atoms with Gasteiger partial charge in [-0.3, -0.25) is 0 Å². The van der Waals surface area contributed by atoms with Crippen molar-refractivity contribution in [3.63, 3.8) is 0 Å². The predicted molar refractivity (Wildman–Crippen MR) is 62.4 cm³/mol. The van der Waals surface area contributed by atoms with Crippen LogP contribution in [0.5, 0.6) is 0 Å². The molecule has 0 atom stereocenters. The zero-order valence-electron chi connectivity index (χ0n) is 9.18. The van der Waals surface area contributed by atoms with E-state index < -0.39 is 0 Å². The minimum absolute atomic E-state index is 1.09. The van der Waals surface area contributed by atoms with Crippen LogP contribution in [0.3, 0.4) is 0 Å². The van der Waals surface area contributed by atoms with E-state index in [1.54, 1.807) is 5.56 Å². The zero-order valence-corrected chi connectivity index (χ0v) is 10.0. The first kappa shape index (κ1) is 12.7. The van der Waals surface area contributed by atoms with Gasteiger partial charge in [-0.25, -0.2) is 0 Å². The molecule has 1 aromatic rings. The molecule has 0 aliphatic carbocycles. The fraction of sp³-hybridized carbons (Fsp3) is 0.636. The third-order valence-corrected chi connectivity index (χ3v) is 2.66. The molecule has 0 bridgehead atoms. The first-order valence-electron chi connectivity index (χ1n) is 5.23. The van der Waals surface area contributed by atoms with E-state index in [-0.39, 0.29) is 0 Å². The Kier molecular flexibility index (Phi) is 8.05. The van der Waals surface area contributed by atoms with Crippen LogP contribution in [0.15, 0.2) is 11.4 Å². The molecule has 1 aromatic heterocycles. The third-order valence-electron chi connectivity index (χ3n) is 1.69. The number of thiophene rings is 1.